The summed E-state index contributed by atoms with van der Waals surface area (Å²) >= 11 is 0. The van der Waals surface area contributed by atoms with Crippen LogP contribution in [0.15, 0.2) is 43.0 Å². The highest BCUT2D eigenvalue weighted by atomic mass is 16.6. The van der Waals surface area contributed by atoms with Crippen LogP contribution in [0, 0.1) is 17.3 Å². The molecule has 0 spiro atoms. The van der Waals surface area contributed by atoms with Gasteiger partial charge in [0.1, 0.15) is 0 Å². The van der Waals surface area contributed by atoms with Crippen LogP contribution in [0.5, 0.6) is 0 Å². The van der Waals surface area contributed by atoms with Crippen LogP contribution in [0.4, 0.5) is 0 Å². The second kappa shape index (κ2) is 9.15. The van der Waals surface area contributed by atoms with Gasteiger partial charge >= 0.3 is 11.9 Å². The number of benzene rings is 1. The van der Waals surface area contributed by atoms with E-state index in [1.165, 1.54) is 0 Å². The van der Waals surface area contributed by atoms with E-state index in [0.717, 1.165) is 0 Å². The van der Waals surface area contributed by atoms with E-state index in [2.05, 4.69) is 6.58 Å². The van der Waals surface area contributed by atoms with E-state index in [0.29, 0.717) is 5.56 Å². The fraction of sp³-hybridized carbons (Fsp3) is 0.524. The quantitative estimate of drug-likeness (QED) is 0.411. The molecule has 148 valence electrons. The molecule has 0 aromatic heterocycles. The number of hydrogen-bond donors (Lipinski definition) is 2. The van der Waals surface area contributed by atoms with Crippen LogP contribution < -0.4 is 0 Å². The molecule has 0 bridgehead atoms. The maximum atomic E-state index is 12.6. The zero-order chi connectivity index (χ0) is 20.0. The van der Waals surface area contributed by atoms with Crippen molar-refractivity contribution in [3.8, 4) is 0 Å². The number of esters is 2. The van der Waals surface area contributed by atoms with Crippen molar-refractivity contribution >= 4 is 11.9 Å². The van der Waals surface area contributed by atoms with Crippen molar-refractivity contribution in [2.24, 2.45) is 17.3 Å². The van der Waals surface area contributed by atoms with Crippen molar-refractivity contribution in [2.75, 3.05) is 13.2 Å². The van der Waals surface area contributed by atoms with Crippen molar-refractivity contribution in [1.29, 1.82) is 0 Å². The number of carbonyl (C=O) groups excluding carboxylic acids is 2. The summed E-state index contributed by atoms with van der Waals surface area (Å²) in [4.78, 5) is 25.2. The van der Waals surface area contributed by atoms with Crippen LogP contribution >= 0.6 is 0 Å². The van der Waals surface area contributed by atoms with Gasteiger partial charge in [0.25, 0.3) is 0 Å². The van der Waals surface area contributed by atoms with Gasteiger partial charge in [-0.3, -0.25) is 9.59 Å². The average molecular weight is 376 g/mol. The number of carbonyl (C=O) groups is 2. The van der Waals surface area contributed by atoms with Crippen molar-refractivity contribution in [2.45, 2.75) is 38.9 Å². The van der Waals surface area contributed by atoms with Crippen molar-refractivity contribution in [3.05, 3.63) is 48.6 Å². The molecule has 1 aliphatic rings. The highest BCUT2D eigenvalue weighted by Gasteiger charge is 2.59. The second-order valence-electron chi connectivity index (χ2n) is 6.83. The summed E-state index contributed by atoms with van der Waals surface area (Å²) in [5.74, 6) is -2.45. The third-order valence-corrected chi connectivity index (χ3v) is 5.24. The van der Waals surface area contributed by atoms with Crippen molar-refractivity contribution in [3.63, 3.8) is 0 Å². The molecule has 1 fully saturated rings. The van der Waals surface area contributed by atoms with Gasteiger partial charge in [-0.1, -0.05) is 36.4 Å². The zero-order valence-electron chi connectivity index (χ0n) is 15.8. The van der Waals surface area contributed by atoms with E-state index in [-0.39, 0.29) is 26.1 Å². The Kier molecular flexibility index (Phi) is 7.16. The Labute approximate surface area is 159 Å². The zero-order valence-corrected chi connectivity index (χ0v) is 15.8. The van der Waals surface area contributed by atoms with E-state index in [1.54, 1.807) is 32.1 Å². The van der Waals surface area contributed by atoms with Gasteiger partial charge in [-0.15, -0.1) is 6.58 Å². The molecule has 6 nitrogen and oxygen atoms in total. The fourth-order valence-corrected chi connectivity index (χ4v) is 3.89. The lowest BCUT2D eigenvalue weighted by Crippen LogP contribution is -2.40. The Morgan fingerprint density at radius 3 is 2.22 bits per heavy atom. The first-order chi connectivity index (χ1) is 12.9. The summed E-state index contributed by atoms with van der Waals surface area (Å²) in [6.45, 7) is 7.36. The van der Waals surface area contributed by atoms with Crippen LogP contribution in [0.1, 0.15) is 38.4 Å². The maximum Gasteiger partial charge on any atom is 0.323 e. The molecule has 0 saturated heterocycles. The van der Waals surface area contributed by atoms with Crippen LogP contribution in [0.3, 0.4) is 0 Å². The Morgan fingerprint density at radius 2 is 1.74 bits per heavy atom. The maximum absolute atomic E-state index is 12.6. The topological polar surface area (TPSA) is 93.1 Å². The summed E-state index contributed by atoms with van der Waals surface area (Å²) in [6.07, 6.45) is -0.380. The second-order valence-corrected chi connectivity index (χ2v) is 6.83. The SMILES string of the molecule is C=C[C@@H]([C@H]1CC(C(=O)OCC)(C(=O)OCC)C[C@H]1O)[C@@H](O)c1ccccc1. The summed E-state index contributed by atoms with van der Waals surface area (Å²) in [6, 6.07) is 9.03. The lowest BCUT2D eigenvalue weighted by molar-refractivity contribution is -0.172. The molecule has 4 atom stereocenters. The number of aliphatic hydroxyl groups is 2. The van der Waals surface area contributed by atoms with Crippen LogP contribution in [-0.4, -0.2) is 41.5 Å². The average Bonchev–Trinajstić information content (AvgIpc) is 3.02. The van der Waals surface area contributed by atoms with Crippen LogP contribution in [0.2, 0.25) is 0 Å². The summed E-state index contributed by atoms with van der Waals surface area (Å²) in [5.41, 5.74) is -0.882. The van der Waals surface area contributed by atoms with Gasteiger partial charge in [0.15, 0.2) is 5.41 Å². The van der Waals surface area contributed by atoms with Gasteiger partial charge in [-0.05, 0) is 31.7 Å². The van der Waals surface area contributed by atoms with E-state index >= 15 is 0 Å². The molecule has 0 heterocycles. The van der Waals surface area contributed by atoms with E-state index in [4.69, 9.17) is 9.47 Å². The van der Waals surface area contributed by atoms with Gasteiger partial charge in [0.2, 0.25) is 0 Å². The summed E-state index contributed by atoms with van der Waals surface area (Å²) in [7, 11) is 0. The minimum Gasteiger partial charge on any atom is -0.465 e. The number of hydrogen-bond acceptors (Lipinski definition) is 6. The smallest absolute Gasteiger partial charge is 0.323 e. The van der Waals surface area contributed by atoms with E-state index in [9.17, 15) is 19.8 Å². The lowest BCUT2D eigenvalue weighted by atomic mass is 9.79. The third kappa shape index (κ3) is 4.22. The molecule has 0 radical (unpaired) electrons. The molecule has 1 saturated carbocycles. The molecule has 6 heteroatoms. The predicted molar refractivity (Wildman–Crippen MR) is 99.5 cm³/mol. The van der Waals surface area contributed by atoms with Gasteiger partial charge in [-0.2, -0.15) is 0 Å². The standard InChI is InChI=1S/C21H28O6/c1-4-15(18(23)14-10-8-7-9-11-14)16-12-21(13-17(16)22,19(24)26-5-2)20(25)27-6-3/h4,7-11,15-18,22-23H,1,5-6,12-13H2,2-3H3/t15-,16+,17+,18-/m0/s1. The predicted octanol–water partition coefficient (Wildman–Crippen LogP) is 2.41. The minimum absolute atomic E-state index is 0.0341. The molecule has 1 aromatic carbocycles. The Balaban J connectivity index is 2.33. The third-order valence-electron chi connectivity index (χ3n) is 5.24. The summed E-state index contributed by atoms with van der Waals surface area (Å²) in [5, 5.41) is 21.5. The van der Waals surface area contributed by atoms with Crippen LogP contribution in [-0.2, 0) is 19.1 Å². The number of ether oxygens (including phenoxy) is 2. The normalized spacial score (nSPS) is 23.3. The van der Waals surface area contributed by atoms with Crippen molar-refractivity contribution < 1.29 is 29.3 Å². The first-order valence-corrected chi connectivity index (χ1v) is 9.29. The number of aliphatic hydroxyl groups excluding tert-OH is 2. The molecule has 0 aliphatic heterocycles. The summed E-state index contributed by atoms with van der Waals surface area (Å²) < 4.78 is 10.2. The number of rotatable bonds is 8. The van der Waals surface area contributed by atoms with Gasteiger partial charge < -0.3 is 19.7 Å². The largest absolute Gasteiger partial charge is 0.465 e. The van der Waals surface area contributed by atoms with Gasteiger partial charge in [0.05, 0.1) is 25.4 Å². The molecule has 0 amide bonds. The van der Waals surface area contributed by atoms with E-state index in [1.807, 2.05) is 18.2 Å². The van der Waals surface area contributed by atoms with Gasteiger partial charge in [-0.25, -0.2) is 0 Å². The first kappa shape index (κ1) is 21.1. The molecule has 27 heavy (non-hydrogen) atoms. The lowest BCUT2D eigenvalue weighted by Gasteiger charge is -2.29. The molecular weight excluding hydrogens is 348 g/mol. The Morgan fingerprint density at radius 1 is 1.19 bits per heavy atom. The molecule has 1 aliphatic carbocycles. The van der Waals surface area contributed by atoms with Crippen LogP contribution in [0.25, 0.3) is 0 Å². The fourth-order valence-electron chi connectivity index (χ4n) is 3.89. The molecule has 2 rings (SSSR count). The monoisotopic (exact) mass is 376 g/mol. The molecule has 1 aromatic rings. The Bertz CT molecular complexity index is 638. The van der Waals surface area contributed by atoms with Crippen molar-refractivity contribution in [1.82, 2.24) is 0 Å². The first-order valence-electron chi connectivity index (χ1n) is 9.29. The molecule has 0 unspecified atom stereocenters. The molecular formula is C21H28O6. The van der Waals surface area contributed by atoms with E-state index < -0.39 is 41.4 Å². The highest BCUT2D eigenvalue weighted by molar-refractivity contribution is 6.00. The minimum atomic E-state index is -1.56. The highest BCUT2D eigenvalue weighted by Crippen LogP contribution is 2.49. The Hall–Kier alpha value is -2.18. The molecule has 2 N–H and O–H groups in total. The van der Waals surface area contributed by atoms with Gasteiger partial charge in [0, 0.05) is 12.3 Å².